The van der Waals surface area contributed by atoms with Crippen LogP contribution in [0.1, 0.15) is 39.7 Å². The summed E-state index contributed by atoms with van der Waals surface area (Å²) in [5.41, 5.74) is 30.6. The molecule has 0 aliphatic rings. The van der Waals surface area contributed by atoms with Crippen LogP contribution < -0.4 is 91.7 Å². The van der Waals surface area contributed by atoms with Gasteiger partial charge in [0.15, 0.2) is 52.0 Å². The van der Waals surface area contributed by atoms with Gasteiger partial charge in [-0.2, -0.15) is 51.8 Å². The minimum Gasteiger partial charge on any atom is -0.493 e. The summed E-state index contributed by atoms with van der Waals surface area (Å²) in [6.07, 6.45) is -4.53. The van der Waals surface area contributed by atoms with Crippen molar-refractivity contribution in [3.8, 4) is 74.3 Å². The fourth-order valence-electron chi connectivity index (χ4n) is 10.1. The Morgan fingerprint density at radius 3 is 1.07 bits per heavy atom. The first-order chi connectivity index (χ1) is 50.6. The van der Waals surface area contributed by atoms with Crippen molar-refractivity contribution < 1.29 is 55.8 Å². The number of thiazole rings is 1. The Morgan fingerprint density at radius 2 is 0.726 bits per heavy atom. The molecule has 0 radical (unpaired) electrons. The summed E-state index contributed by atoms with van der Waals surface area (Å²) in [4.78, 5) is 40.3. The highest BCUT2D eigenvalue weighted by molar-refractivity contribution is 7.12. The number of ether oxygens (including phenoxy) is 9. The Labute approximate surface area is 610 Å². The lowest BCUT2D eigenvalue weighted by Crippen LogP contribution is -2.11. The van der Waals surface area contributed by atoms with Gasteiger partial charge in [-0.15, -0.1) is 31.7 Å². The van der Waals surface area contributed by atoms with E-state index in [0.29, 0.717) is 109 Å². The number of nitrogens with one attached hydrogen (secondary N) is 4. The Morgan fingerprint density at radius 1 is 0.377 bits per heavy atom. The van der Waals surface area contributed by atoms with Crippen molar-refractivity contribution in [2.45, 2.75) is 47.7 Å². The number of aromatic nitrogens is 17. The second kappa shape index (κ2) is 33.6. The van der Waals surface area contributed by atoms with Gasteiger partial charge < -0.3 is 91.7 Å². The number of pyridine rings is 2. The van der Waals surface area contributed by atoms with Gasteiger partial charge in [0, 0.05) is 107 Å². The molecule has 0 bridgehead atoms. The lowest BCUT2D eigenvalue weighted by atomic mass is 10.2. The number of rotatable bonds is 22. The molecule has 0 fully saturated rings. The molecular formula is C67H79F3N26O9S. The molecule has 0 aliphatic carbocycles. The lowest BCUT2D eigenvalue weighted by molar-refractivity contribution is -0.137. The molecule has 8 aromatic heterocycles. The van der Waals surface area contributed by atoms with Gasteiger partial charge in [-0.1, -0.05) is 0 Å². The van der Waals surface area contributed by atoms with E-state index in [2.05, 4.69) is 86.5 Å². The minimum absolute atomic E-state index is 0.0404. The predicted molar refractivity (Wildman–Crippen MR) is 396 cm³/mol. The fraction of sp³-hybridized carbons (Fsp3) is 0.269. The minimum atomic E-state index is -4.53. The number of aryl methyl sites for hydroxylation is 6. The third-order valence-electron chi connectivity index (χ3n) is 14.7. The number of nitrogens with two attached hydrogens (primary N) is 4. The van der Waals surface area contributed by atoms with E-state index < -0.39 is 11.7 Å². The van der Waals surface area contributed by atoms with Gasteiger partial charge in [0.2, 0.25) is 70.0 Å². The highest BCUT2D eigenvalue weighted by Gasteiger charge is 2.32. The molecule has 0 saturated heterocycles. The van der Waals surface area contributed by atoms with Gasteiger partial charge in [-0.05, 0) is 95.6 Å². The standard InChI is InChI=1S/C18H19F3N6O3.C18H22N6O3.C16H20N8.C15H18N6O3S/c1-9-5-10(18(19,20)21)6-14(23-9)27-16(22)25-17(26-27)24-11-7-12(28-2)15(30-4)13(8-11)29-3;1-10-6-11(2)20-15(7-10)24-17(19)22-18(23-24)21-12-8-13(25-3)16(27-5)14(9-12)26-4;1-10-9-14(19-11(2)18-10)24-15(17)21-16(22-24)20-12-5-7-13(8-6-12)23(3)4;1-8-7-25-15(17-8)21-13(16)19-14(20-21)18-9-5-10(22-2)12(24-4)11(6-9)23-3/h5-8H,1-4H3,(H3,22,24,25,26);6-9H,1-5H3,(H3,19,21,22,23);5-9H,1-4H3,(H3,17,20,21,22);5-7H,1-4H3,(H3,16,18,19,20). The number of anilines is 13. The van der Waals surface area contributed by atoms with Gasteiger partial charge in [0.1, 0.15) is 5.82 Å². The topological polar surface area (TPSA) is 426 Å². The van der Waals surface area contributed by atoms with Crippen LogP contribution in [0.4, 0.5) is 89.2 Å². The van der Waals surface area contributed by atoms with Gasteiger partial charge in [-0.3, -0.25) is 0 Å². The SMILES string of the molecule is COc1cc(Nc2nc(N)n(-c3cc(C(F)(F)F)cc(C)n3)n2)cc(OC)c1OC.COc1cc(Nc2nc(N)n(-c3cc(C)cc(C)n3)n2)cc(OC)c1OC.COc1cc(Nc2nc(N)n(-c3nc(C)cs3)n2)cc(OC)c1OC.Cc1cc(-n2nc(Nc3ccc(N(C)C)cc3)nc2N)nc(C)n1. The highest BCUT2D eigenvalue weighted by atomic mass is 32.1. The molecule has 12 aromatic rings. The van der Waals surface area contributed by atoms with Crippen molar-refractivity contribution >= 4 is 87.4 Å². The molecule has 558 valence electrons. The molecule has 12 rings (SSSR count). The number of benzene rings is 4. The maximum Gasteiger partial charge on any atom is 0.416 e. The van der Waals surface area contributed by atoms with E-state index in [9.17, 15) is 13.2 Å². The summed E-state index contributed by atoms with van der Waals surface area (Å²) in [5.74, 6) is 7.72. The van der Waals surface area contributed by atoms with Crippen molar-refractivity contribution in [1.29, 1.82) is 0 Å². The van der Waals surface area contributed by atoms with Crippen molar-refractivity contribution in [3.05, 3.63) is 136 Å². The molecule has 0 amide bonds. The second-order valence-electron chi connectivity index (χ2n) is 22.7. The normalized spacial score (nSPS) is 10.8. The maximum absolute atomic E-state index is 13.1. The average Bonchev–Trinajstić information content (AvgIpc) is 1.65. The summed E-state index contributed by atoms with van der Waals surface area (Å²) in [5, 5.41) is 32.1. The van der Waals surface area contributed by atoms with Crippen LogP contribution in [0.2, 0.25) is 0 Å². The summed E-state index contributed by atoms with van der Waals surface area (Å²) in [6, 6.07) is 25.7. The van der Waals surface area contributed by atoms with E-state index in [0.717, 1.165) is 50.8 Å². The maximum atomic E-state index is 13.1. The molecule has 4 aromatic carbocycles. The van der Waals surface area contributed by atoms with Crippen LogP contribution in [0, 0.1) is 41.5 Å². The van der Waals surface area contributed by atoms with Crippen LogP contribution in [-0.4, -0.2) is 162 Å². The first-order valence-electron chi connectivity index (χ1n) is 31.5. The Kier molecular flexibility index (Phi) is 24.4. The summed E-state index contributed by atoms with van der Waals surface area (Å²) >= 11 is 1.44. The van der Waals surface area contributed by atoms with Crippen molar-refractivity contribution in [3.63, 3.8) is 0 Å². The van der Waals surface area contributed by atoms with E-state index in [4.69, 9.17) is 65.6 Å². The molecule has 0 spiro atoms. The molecule has 0 aliphatic heterocycles. The molecular weight excluding hydrogens is 1400 g/mol. The molecule has 35 nitrogen and oxygen atoms in total. The monoisotopic (exact) mass is 1480 g/mol. The summed E-state index contributed by atoms with van der Waals surface area (Å²) in [6.45, 7) is 11.0. The largest absolute Gasteiger partial charge is 0.493 e. The van der Waals surface area contributed by atoms with Crippen LogP contribution >= 0.6 is 11.3 Å². The Balaban J connectivity index is 0.000000164. The molecule has 0 atom stereocenters. The van der Waals surface area contributed by atoms with Crippen LogP contribution in [-0.2, 0) is 6.18 Å². The van der Waals surface area contributed by atoms with Crippen LogP contribution in [0.25, 0.3) is 22.6 Å². The average molecular weight is 1480 g/mol. The van der Waals surface area contributed by atoms with E-state index in [1.807, 2.05) is 101 Å². The number of halogens is 3. The van der Waals surface area contributed by atoms with E-state index >= 15 is 0 Å². The second-order valence-corrected chi connectivity index (χ2v) is 23.5. The molecule has 12 N–H and O–H groups in total. The van der Waals surface area contributed by atoms with Gasteiger partial charge >= 0.3 is 6.18 Å². The van der Waals surface area contributed by atoms with Crippen LogP contribution in [0.5, 0.6) is 51.7 Å². The molecule has 106 heavy (non-hydrogen) atoms. The van der Waals surface area contributed by atoms with Crippen LogP contribution in [0.15, 0.2) is 96.4 Å². The van der Waals surface area contributed by atoms with E-state index in [1.165, 1.54) is 53.6 Å². The first-order valence-corrected chi connectivity index (χ1v) is 32.4. The number of hydrogen-bond acceptors (Lipinski definition) is 32. The summed E-state index contributed by atoms with van der Waals surface area (Å²) < 4.78 is 92.7. The zero-order chi connectivity index (χ0) is 76.8. The van der Waals surface area contributed by atoms with Crippen molar-refractivity contribution in [2.75, 3.05) is 127 Å². The number of alkyl halides is 3. The number of nitrogen functional groups attached to an aromatic ring is 4. The quantitative estimate of drug-likeness (QED) is 0.0312. The Bertz CT molecular complexity index is 4910. The molecule has 39 heteroatoms. The predicted octanol–water partition coefficient (Wildman–Crippen LogP) is 10.4. The third-order valence-corrected chi connectivity index (χ3v) is 15.6. The van der Waals surface area contributed by atoms with Crippen LogP contribution in [0.3, 0.4) is 0 Å². The number of nitrogens with zero attached hydrogens (tertiary/aromatic N) is 18. The van der Waals surface area contributed by atoms with Gasteiger partial charge in [0.05, 0.1) is 75.2 Å². The van der Waals surface area contributed by atoms with Gasteiger partial charge in [0.25, 0.3) is 0 Å². The fourth-order valence-corrected chi connectivity index (χ4v) is 10.8. The number of hydrogen-bond donors (Lipinski definition) is 8. The smallest absolute Gasteiger partial charge is 0.416 e. The lowest BCUT2D eigenvalue weighted by Gasteiger charge is -2.14. The molecule has 0 saturated carbocycles. The third kappa shape index (κ3) is 18.6. The zero-order valence-electron chi connectivity index (χ0n) is 60.8. The van der Waals surface area contributed by atoms with E-state index in [-0.39, 0.29) is 41.3 Å². The zero-order valence-corrected chi connectivity index (χ0v) is 61.6. The van der Waals surface area contributed by atoms with Crippen molar-refractivity contribution in [1.82, 2.24) is 84.0 Å². The highest BCUT2D eigenvalue weighted by Crippen LogP contribution is 2.43. The molecule has 8 heterocycles. The van der Waals surface area contributed by atoms with Gasteiger partial charge in [-0.25, -0.2) is 24.9 Å². The van der Waals surface area contributed by atoms with Crippen molar-refractivity contribution in [2.24, 2.45) is 0 Å². The first kappa shape index (κ1) is 76.8. The number of methoxy groups -OCH3 is 9. The molecule has 0 unspecified atom stereocenters. The van der Waals surface area contributed by atoms with E-state index in [1.54, 1.807) is 79.1 Å². The Hall–Kier alpha value is -13.4. The summed E-state index contributed by atoms with van der Waals surface area (Å²) in [7, 11) is 17.7.